The number of aromatic nitrogens is 1. The number of phenolic OH excluding ortho intramolecular Hbond substituents is 1. The van der Waals surface area contributed by atoms with E-state index in [1.807, 2.05) is 0 Å². The molecule has 122 valence electrons. The van der Waals surface area contributed by atoms with Gasteiger partial charge in [-0.1, -0.05) is 11.3 Å². The van der Waals surface area contributed by atoms with Crippen LogP contribution in [0, 0.1) is 6.92 Å². The van der Waals surface area contributed by atoms with E-state index >= 15 is 0 Å². The monoisotopic (exact) mass is 335 g/mol. The highest BCUT2D eigenvalue weighted by Crippen LogP contribution is 2.26. The summed E-state index contributed by atoms with van der Waals surface area (Å²) in [4.78, 5) is 16.4. The summed E-state index contributed by atoms with van der Waals surface area (Å²) < 4.78 is 9.93. The lowest BCUT2D eigenvalue weighted by molar-refractivity contribution is 0.0531. The van der Waals surface area contributed by atoms with Gasteiger partial charge in [0, 0.05) is 0 Å². The van der Waals surface area contributed by atoms with Crippen LogP contribution >= 0.6 is 11.3 Å². The van der Waals surface area contributed by atoms with Crippen molar-refractivity contribution in [3.8, 4) is 11.5 Å². The van der Waals surface area contributed by atoms with E-state index in [9.17, 15) is 9.90 Å². The van der Waals surface area contributed by atoms with Gasteiger partial charge in [-0.05, 0) is 37.6 Å². The van der Waals surface area contributed by atoms with E-state index in [-0.39, 0.29) is 11.7 Å². The van der Waals surface area contributed by atoms with Crippen LogP contribution in [-0.4, -0.2) is 36.0 Å². The van der Waals surface area contributed by atoms with Crippen LogP contribution < -0.4 is 10.2 Å². The number of carbonyl (C=O) groups is 1. The number of hydrazone groups is 1. The van der Waals surface area contributed by atoms with Crippen LogP contribution in [0.5, 0.6) is 11.5 Å². The number of hydrogen-bond donors (Lipinski definition) is 2. The molecule has 1 heterocycles. The first-order valence-electron chi connectivity index (χ1n) is 6.85. The van der Waals surface area contributed by atoms with Crippen molar-refractivity contribution in [2.45, 2.75) is 13.8 Å². The lowest BCUT2D eigenvalue weighted by Crippen LogP contribution is -2.03. The molecule has 0 saturated heterocycles. The van der Waals surface area contributed by atoms with Gasteiger partial charge in [0.25, 0.3) is 0 Å². The number of benzene rings is 1. The minimum absolute atomic E-state index is 0.0335. The fourth-order valence-corrected chi connectivity index (χ4v) is 2.59. The number of nitrogens with zero attached hydrogens (tertiary/aromatic N) is 2. The van der Waals surface area contributed by atoms with E-state index in [1.54, 1.807) is 26.0 Å². The van der Waals surface area contributed by atoms with Crippen molar-refractivity contribution in [3.05, 3.63) is 34.3 Å². The van der Waals surface area contributed by atoms with Gasteiger partial charge in [-0.2, -0.15) is 5.10 Å². The van der Waals surface area contributed by atoms with Crippen molar-refractivity contribution in [2.75, 3.05) is 19.1 Å². The van der Waals surface area contributed by atoms with E-state index in [4.69, 9.17) is 9.47 Å². The van der Waals surface area contributed by atoms with Gasteiger partial charge in [0.05, 0.1) is 25.6 Å². The summed E-state index contributed by atoms with van der Waals surface area (Å²) in [6, 6.07) is 4.92. The highest BCUT2D eigenvalue weighted by molar-refractivity contribution is 7.17. The molecule has 1 aromatic heterocycles. The minimum atomic E-state index is -0.389. The number of carbonyl (C=O) groups excluding carboxylic acids is 1. The van der Waals surface area contributed by atoms with E-state index in [0.717, 1.165) is 0 Å². The van der Waals surface area contributed by atoms with Crippen molar-refractivity contribution < 1.29 is 19.4 Å². The third-order valence-electron chi connectivity index (χ3n) is 2.83. The number of aromatic hydroxyl groups is 1. The molecular formula is C15H17N3O4S. The number of methoxy groups -OCH3 is 1. The largest absolute Gasteiger partial charge is 0.504 e. The minimum Gasteiger partial charge on any atom is -0.504 e. The first-order valence-corrected chi connectivity index (χ1v) is 7.67. The fraction of sp³-hybridized carbons (Fsp3) is 0.267. The number of aryl methyl sites for hydroxylation is 1. The van der Waals surface area contributed by atoms with Crippen LogP contribution in [-0.2, 0) is 4.74 Å². The van der Waals surface area contributed by atoms with Crippen molar-refractivity contribution in [3.63, 3.8) is 0 Å². The third kappa shape index (κ3) is 4.19. The first-order chi connectivity index (χ1) is 11.0. The zero-order valence-corrected chi connectivity index (χ0v) is 13.8. The number of ether oxygens (including phenoxy) is 2. The Kier molecular flexibility index (Phi) is 5.53. The number of hydrogen-bond acceptors (Lipinski definition) is 8. The highest BCUT2D eigenvalue weighted by atomic mass is 32.1. The zero-order chi connectivity index (χ0) is 16.8. The Labute approximate surface area is 137 Å². The molecule has 0 amide bonds. The predicted molar refractivity (Wildman–Crippen MR) is 88.7 cm³/mol. The summed E-state index contributed by atoms with van der Waals surface area (Å²) in [5.74, 6) is 0.0375. The smallest absolute Gasteiger partial charge is 0.350 e. The molecule has 0 atom stereocenters. The number of nitrogens with one attached hydrogen (secondary N) is 1. The molecule has 2 aromatic rings. The number of esters is 1. The molecule has 1 aromatic carbocycles. The third-order valence-corrected chi connectivity index (χ3v) is 3.88. The van der Waals surface area contributed by atoms with Gasteiger partial charge in [-0.25, -0.2) is 9.78 Å². The summed E-state index contributed by atoms with van der Waals surface area (Å²) in [6.07, 6.45) is 1.53. The van der Waals surface area contributed by atoms with Gasteiger partial charge in [0.15, 0.2) is 11.5 Å². The quantitative estimate of drug-likeness (QED) is 0.479. The Balaban J connectivity index is 2.04. The molecule has 0 aliphatic rings. The van der Waals surface area contributed by atoms with E-state index in [2.05, 4.69) is 15.5 Å². The molecule has 0 aliphatic carbocycles. The number of anilines is 1. The van der Waals surface area contributed by atoms with Gasteiger partial charge in [0.1, 0.15) is 4.88 Å². The van der Waals surface area contributed by atoms with Crippen molar-refractivity contribution >= 4 is 28.7 Å². The second-order valence-electron chi connectivity index (χ2n) is 4.46. The summed E-state index contributed by atoms with van der Waals surface area (Å²) >= 11 is 1.17. The molecule has 0 bridgehead atoms. The van der Waals surface area contributed by atoms with E-state index < -0.39 is 0 Å². The Morgan fingerprint density at radius 3 is 2.96 bits per heavy atom. The summed E-state index contributed by atoms with van der Waals surface area (Å²) in [5.41, 5.74) is 4.04. The van der Waals surface area contributed by atoms with Gasteiger partial charge >= 0.3 is 5.97 Å². The fourth-order valence-electron chi connectivity index (χ4n) is 1.78. The maximum atomic E-state index is 11.7. The second kappa shape index (κ2) is 7.59. The predicted octanol–water partition coefficient (Wildman–Crippen LogP) is 2.79. The standard InChI is InChI=1S/C15H17N3O4S/c1-4-22-14(20)13-9(2)17-15(23-13)18-16-8-10-5-6-12(21-3)11(19)7-10/h5-8,19H,4H2,1-3H3,(H,17,18)/b16-8+. The van der Waals surface area contributed by atoms with Gasteiger partial charge < -0.3 is 14.6 Å². The summed E-state index contributed by atoms with van der Waals surface area (Å²) in [6.45, 7) is 3.80. The number of phenols is 1. The summed E-state index contributed by atoms with van der Waals surface area (Å²) in [5, 5.41) is 14.2. The van der Waals surface area contributed by atoms with E-state index in [0.29, 0.717) is 33.6 Å². The Morgan fingerprint density at radius 2 is 2.30 bits per heavy atom. The van der Waals surface area contributed by atoms with Gasteiger partial charge in [-0.15, -0.1) is 0 Å². The van der Waals surface area contributed by atoms with Crippen LogP contribution in [0.15, 0.2) is 23.3 Å². The highest BCUT2D eigenvalue weighted by Gasteiger charge is 2.15. The molecule has 0 aliphatic heterocycles. The first kappa shape index (κ1) is 16.8. The molecule has 8 heteroatoms. The maximum Gasteiger partial charge on any atom is 0.350 e. The Hall–Kier alpha value is -2.61. The zero-order valence-electron chi connectivity index (χ0n) is 13.0. The Morgan fingerprint density at radius 1 is 1.52 bits per heavy atom. The summed E-state index contributed by atoms with van der Waals surface area (Å²) in [7, 11) is 1.48. The average Bonchev–Trinajstić information content (AvgIpc) is 2.89. The van der Waals surface area contributed by atoms with Gasteiger partial charge in [0.2, 0.25) is 5.13 Å². The van der Waals surface area contributed by atoms with E-state index in [1.165, 1.54) is 30.7 Å². The van der Waals surface area contributed by atoms with Crippen LogP contribution in [0.3, 0.4) is 0 Å². The normalized spacial score (nSPS) is 10.7. The molecule has 0 spiro atoms. The molecular weight excluding hydrogens is 318 g/mol. The molecule has 0 saturated carbocycles. The van der Waals surface area contributed by atoms with Crippen LogP contribution in [0.1, 0.15) is 27.9 Å². The lowest BCUT2D eigenvalue weighted by Gasteiger charge is -2.02. The molecule has 23 heavy (non-hydrogen) atoms. The second-order valence-corrected chi connectivity index (χ2v) is 5.45. The Bertz CT molecular complexity index is 728. The lowest BCUT2D eigenvalue weighted by atomic mass is 10.2. The maximum absolute atomic E-state index is 11.7. The molecule has 7 nitrogen and oxygen atoms in total. The van der Waals surface area contributed by atoms with Crippen molar-refractivity contribution in [2.24, 2.45) is 5.10 Å². The van der Waals surface area contributed by atoms with Crippen LogP contribution in [0.2, 0.25) is 0 Å². The molecule has 2 N–H and O–H groups in total. The number of rotatable bonds is 6. The molecule has 0 fully saturated rings. The molecule has 0 radical (unpaired) electrons. The van der Waals surface area contributed by atoms with Gasteiger partial charge in [-0.3, -0.25) is 5.43 Å². The average molecular weight is 335 g/mol. The van der Waals surface area contributed by atoms with Crippen LogP contribution in [0.4, 0.5) is 5.13 Å². The number of thiazole rings is 1. The molecule has 2 rings (SSSR count). The topological polar surface area (TPSA) is 93.0 Å². The van der Waals surface area contributed by atoms with Crippen LogP contribution in [0.25, 0.3) is 0 Å². The van der Waals surface area contributed by atoms with Crippen molar-refractivity contribution in [1.82, 2.24) is 4.98 Å². The SMILES string of the molecule is CCOC(=O)c1sc(N/N=C/c2ccc(OC)c(O)c2)nc1C. The molecule has 0 unspecified atom stereocenters. The van der Waals surface area contributed by atoms with Crippen molar-refractivity contribution in [1.29, 1.82) is 0 Å².